The lowest BCUT2D eigenvalue weighted by Gasteiger charge is -2.19. The highest BCUT2D eigenvalue weighted by atomic mass is 32.2. The fourth-order valence-electron chi connectivity index (χ4n) is 1.29. The maximum absolute atomic E-state index is 11.6. The lowest BCUT2D eigenvalue weighted by atomic mass is 10.2. The van der Waals surface area contributed by atoms with Crippen molar-refractivity contribution in [2.75, 3.05) is 6.26 Å². The molecule has 0 aromatic heterocycles. The molecule has 0 unspecified atom stereocenters. The Morgan fingerprint density at radius 3 is 2.47 bits per heavy atom. The van der Waals surface area contributed by atoms with E-state index < -0.39 is 11.7 Å². The second-order valence-electron chi connectivity index (χ2n) is 4.94. The maximum atomic E-state index is 11.6. The van der Waals surface area contributed by atoms with Gasteiger partial charge in [-0.25, -0.2) is 4.79 Å². The van der Waals surface area contributed by atoms with Crippen molar-refractivity contribution >= 4 is 23.0 Å². The zero-order valence-corrected chi connectivity index (χ0v) is 12.6. The first-order chi connectivity index (χ1) is 8.90. The normalized spacial score (nSPS) is 12.1. The molecule has 1 aromatic rings. The van der Waals surface area contributed by atoms with E-state index in [2.05, 4.69) is 10.3 Å². The summed E-state index contributed by atoms with van der Waals surface area (Å²) in [7, 11) is 0. The first-order valence-electron chi connectivity index (χ1n) is 6.03. The van der Waals surface area contributed by atoms with Crippen LogP contribution in [0.3, 0.4) is 0 Å². The number of nitrogens with zero attached hydrogens (tertiary/aromatic N) is 1. The predicted molar refractivity (Wildman–Crippen MR) is 80.5 cm³/mol. The topological polar surface area (TPSA) is 50.7 Å². The third kappa shape index (κ3) is 6.86. The molecule has 0 spiro atoms. The SMILES string of the molecule is CSC(=NCc1ccccc1)NC(=O)OC(C)(C)C. The van der Waals surface area contributed by atoms with Gasteiger partial charge in [-0.15, -0.1) is 0 Å². The van der Waals surface area contributed by atoms with Crippen LogP contribution in [-0.2, 0) is 11.3 Å². The van der Waals surface area contributed by atoms with Crippen molar-refractivity contribution in [3.8, 4) is 0 Å². The van der Waals surface area contributed by atoms with Gasteiger partial charge in [0, 0.05) is 0 Å². The number of hydrogen-bond donors (Lipinski definition) is 1. The first kappa shape index (κ1) is 15.6. The minimum atomic E-state index is -0.507. The van der Waals surface area contributed by atoms with Crippen molar-refractivity contribution in [2.45, 2.75) is 32.9 Å². The summed E-state index contributed by atoms with van der Waals surface area (Å²) in [6.07, 6.45) is 1.38. The molecule has 0 fully saturated rings. The maximum Gasteiger partial charge on any atom is 0.413 e. The third-order valence-corrected chi connectivity index (χ3v) is 2.67. The number of ether oxygens (including phenoxy) is 1. The fraction of sp³-hybridized carbons (Fsp3) is 0.429. The Labute approximate surface area is 118 Å². The van der Waals surface area contributed by atoms with E-state index in [1.807, 2.05) is 57.4 Å². The second-order valence-corrected chi connectivity index (χ2v) is 5.73. The number of alkyl carbamates (subject to hydrolysis) is 1. The summed E-state index contributed by atoms with van der Waals surface area (Å²) < 4.78 is 5.18. The molecular weight excluding hydrogens is 260 g/mol. The van der Waals surface area contributed by atoms with Gasteiger partial charge in [0.1, 0.15) is 5.60 Å². The van der Waals surface area contributed by atoms with Crippen LogP contribution in [0.5, 0.6) is 0 Å². The number of nitrogens with one attached hydrogen (secondary N) is 1. The molecule has 1 rings (SSSR count). The van der Waals surface area contributed by atoms with Gasteiger partial charge in [-0.2, -0.15) is 0 Å². The van der Waals surface area contributed by atoms with Gasteiger partial charge < -0.3 is 4.74 Å². The molecule has 1 N–H and O–H groups in total. The number of thioether (sulfide) groups is 1. The monoisotopic (exact) mass is 280 g/mol. The van der Waals surface area contributed by atoms with Crippen LogP contribution in [0.15, 0.2) is 35.3 Å². The molecule has 19 heavy (non-hydrogen) atoms. The fourth-order valence-corrected chi connectivity index (χ4v) is 1.67. The van der Waals surface area contributed by atoms with Gasteiger partial charge in [-0.05, 0) is 32.6 Å². The molecular formula is C14H20N2O2S. The molecule has 0 heterocycles. The van der Waals surface area contributed by atoms with Gasteiger partial charge >= 0.3 is 6.09 Å². The van der Waals surface area contributed by atoms with Gasteiger partial charge in [0.25, 0.3) is 0 Å². The van der Waals surface area contributed by atoms with Gasteiger partial charge in [0.05, 0.1) is 6.54 Å². The van der Waals surface area contributed by atoms with Crippen LogP contribution in [-0.4, -0.2) is 23.1 Å². The highest BCUT2D eigenvalue weighted by Gasteiger charge is 2.17. The quantitative estimate of drug-likeness (QED) is 0.667. The standard InChI is InChI=1S/C14H20N2O2S/c1-14(2,3)18-13(17)16-12(19-4)15-10-11-8-6-5-7-9-11/h5-9H,10H2,1-4H3,(H,15,16,17). The number of carbonyl (C=O) groups excluding carboxylic acids is 1. The molecule has 0 aliphatic carbocycles. The lowest BCUT2D eigenvalue weighted by molar-refractivity contribution is 0.0564. The van der Waals surface area contributed by atoms with Crippen LogP contribution in [0, 0.1) is 0 Å². The highest BCUT2D eigenvalue weighted by Crippen LogP contribution is 2.08. The van der Waals surface area contributed by atoms with E-state index in [9.17, 15) is 4.79 Å². The Kier molecular flexibility index (Phi) is 5.89. The molecule has 0 radical (unpaired) electrons. The smallest absolute Gasteiger partial charge is 0.413 e. The lowest BCUT2D eigenvalue weighted by Crippen LogP contribution is -2.35. The van der Waals surface area contributed by atoms with Gasteiger partial charge in [-0.1, -0.05) is 42.1 Å². The van der Waals surface area contributed by atoms with Gasteiger partial charge in [0.2, 0.25) is 0 Å². The summed E-state index contributed by atoms with van der Waals surface area (Å²) in [4.78, 5) is 16.0. The summed E-state index contributed by atoms with van der Waals surface area (Å²) in [6, 6.07) is 9.88. The number of hydrogen-bond acceptors (Lipinski definition) is 4. The Bertz CT molecular complexity index is 439. The minimum absolute atomic E-state index is 0.478. The number of aliphatic imine (C=N–C) groups is 1. The van der Waals surface area contributed by atoms with E-state index in [-0.39, 0.29) is 0 Å². The molecule has 5 heteroatoms. The summed E-state index contributed by atoms with van der Waals surface area (Å²) in [6.45, 7) is 6.01. The Morgan fingerprint density at radius 1 is 1.32 bits per heavy atom. The molecule has 1 aromatic carbocycles. The molecule has 0 aliphatic heterocycles. The highest BCUT2D eigenvalue weighted by molar-refractivity contribution is 8.13. The van der Waals surface area contributed by atoms with Crippen molar-refractivity contribution < 1.29 is 9.53 Å². The number of rotatable bonds is 2. The summed E-state index contributed by atoms with van der Waals surface area (Å²) >= 11 is 1.38. The second kappa shape index (κ2) is 7.19. The summed E-state index contributed by atoms with van der Waals surface area (Å²) in [5.41, 5.74) is 0.590. The Hall–Kier alpha value is -1.49. The van der Waals surface area contributed by atoms with Crippen LogP contribution in [0.2, 0.25) is 0 Å². The summed E-state index contributed by atoms with van der Waals surface area (Å²) in [5, 5.41) is 3.20. The van der Waals surface area contributed by atoms with Crippen molar-refractivity contribution in [2.24, 2.45) is 4.99 Å². The Morgan fingerprint density at radius 2 is 1.95 bits per heavy atom. The van der Waals surface area contributed by atoms with Crippen molar-refractivity contribution in [3.63, 3.8) is 0 Å². The number of benzene rings is 1. The number of amides is 1. The van der Waals surface area contributed by atoms with Crippen LogP contribution < -0.4 is 5.32 Å². The van der Waals surface area contributed by atoms with Crippen LogP contribution in [0.1, 0.15) is 26.3 Å². The molecule has 0 aliphatic rings. The van der Waals surface area contributed by atoms with Crippen LogP contribution in [0.4, 0.5) is 4.79 Å². The average Bonchev–Trinajstić information content (AvgIpc) is 2.33. The van der Waals surface area contributed by atoms with Gasteiger partial charge in [-0.3, -0.25) is 10.3 Å². The molecule has 4 nitrogen and oxygen atoms in total. The molecule has 0 bridgehead atoms. The van der Waals surface area contributed by atoms with E-state index in [4.69, 9.17) is 4.74 Å². The van der Waals surface area contributed by atoms with E-state index in [1.54, 1.807) is 0 Å². The van der Waals surface area contributed by atoms with Crippen molar-refractivity contribution in [1.29, 1.82) is 0 Å². The molecule has 1 amide bonds. The molecule has 0 saturated heterocycles. The largest absolute Gasteiger partial charge is 0.444 e. The van der Waals surface area contributed by atoms with Crippen LogP contribution in [0.25, 0.3) is 0 Å². The van der Waals surface area contributed by atoms with E-state index in [1.165, 1.54) is 11.8 Å². The van der Waals surface area contributed by atoms with E-state index in [0.29, 0.717) is 11.7 Å². The summed E-state index contributed by atoms with van der Waals surface area (Å²) in [5.74, 6) is 0. The number of carbonyl (C=O) groups is 1. The minimum Gasteiger partial charge on any atom is -0.444 e. The Balaban J connectivity index is 2.56. The zero-order chi connectivity index (χ0) is 14.3. The van der Waals surface area contributed by atoms with Crippen LogP contribution >= 0.6 is 11.8 Å². The van der Waals surface area contributed by atoms with Crippen molar-refractivity contribution in [3.05, 3.63) is 35.9 Å². The zero-order valence-electron chi connectivity index (χ0n) is 11.8. The third-order valence-electron chi connectivity index (χ3n) is 2.05. The van der Waals surface area contributed by atoms with Crippen molar-refractivity contribution in [1.82, 2.24) is 5.32 Å². The average molecular weight is 280 g/mol. The predicted octanol–water partition coefficient (Wildman–Crippen LogP) is 3.43. The number of amidine groups is 1. The van der Waals surface area contributed by atoms with E-state index >= 15 is 0 Å². The first-order valence-corrected chi connectivity index (χ1v) is 7.25. The molecule has 0 saturated carbocycles. The van der Waals surface area contributed by atoms with Gasteiger partial charge in [0.15, 0.2) is 5.17 Å². The van der Waals surface area contributed by atoms with E-state index in [0.717, 1.165) is 5.56 Å². The molecule has 104 valence electrons. The molecule has 0 atom stereocenters.